The number of aryl methyl sites for hydroxylation is 1. The molecule has 0 aliphatic rings. The maximum atomic E-state index is 11.0. The normalized spacial score (nSPS) is 10.1. The van der Waals surface area contributed by atoms with Crippen molar-refractivity contribution in [2.75, 3.05) is 18.5 Å². The number of halogens is 1. The molecular weight excluding hydrogens is 238 g/mol. The van der Waals surface area contributed by atoms with Gasteiger partial charge in [-0.1, -0.05) is 17.7 Å². The fraction of sp³-hybridized carbons (Fsp3) is 0.417. The Morgan fingerprint density at radius 3 is 2.76 bits per heavy atom. The van der Waals surface area contributed by atoms with Crippen LogP contribution in [0, 0.1) is 6.92 Å². The van der Waals surface area contributed by atoms with E-state index in [2.05, 4.69) is 16.5 Å². The Bertz CT molecular complexity index is 420. The van der Waals surface area contributed by atoms with E-state index in [0.29, 0.717) is 23.5 Å². The van der Waals surface area contributed by atoms with E-state index in [1.807, 2.05) is 18.0 Å². The Hall–Kier alpha value is -1.42. The summed E-state index contributed by atoms with van der Waals surface area (Å²) in [5.74, 6) is 1.15. The summed E-state index contributed by atoms with van der Waals surface area (Å²) in [6, 6.07) is 0. The van der Waals surface area contributed by atoms with Gasteiger partial charge in [0.05, 0.1) is 5.56 Å². The van der Waals surface area contributed by atoms with Crippen LogP contribution in [0.1, 0.15) is 29.0 Å². The molecule has 0 unspecified atom stereocenters. The third kappa shape index (κ3) is 3.53. The van der Waals surface area contributed by atoms with E-state index in [1.165, 1.54) is 0 Å². The van der Waals surface area contributed by atoms with Crippen LogP contribution in [0.15, 0.2) is 12.7 Å². The second-order valence-electron chi connectivity index (χ2n) is 3.77. The highest BCUT2D eigenvalue weighted by Crippen LogP contribution is 2.22. The fourth-order valence-corrected chi connectivity index (χ4v) is 1.76. The molecule has 1 heterocycles. The predicted molar refractivity (Wildman–Crippen MR) is 69.9 cm³/mol. The van der Waals surface area contributed by atoms with Gasteiger partial charge in [-0.2, -0.15) is 0 Å². The molecule has 5 heteroatoms. The van der Waals surface area contributed by atoms with Gasteiger partial charge in [-0.15, -0.1) is 6.58 Å². The van der Waals surface area contributed by atoms with Crippen LogP contribution in [0.3, 0.4) is 0 Å². The average Bonchev–Trinajstić information content (AvgIpc) is 2.28. The van der Waals surface area contributed by atoms with E-state index < -0.39 is 0 Å². The molecule has 0 atom stereocenters. The van der Waals surface area contributed by atoms with E-state index >= 15 is 0 Å². The van der Waals surface area contributed by atoms with Crippen molar-refractivity contribution < 1.29 is 4.79 Å². The number of rotatable bonds is 6. The van der Waals surface area contributed by atoms with E-state index in [-0.39, 0.29) is 5.15 Å². The molecule has 0 saturated carbocycles. The largest absolute Gasteiger partial charge is 0.359 e. The van der Waals surface area contributed by atoms with Crippen molar-refractivity contribution in [1.29, 1.82) is 0 Å². The molecular formula is C12H16ClN3O. The van der Waals surface area contributed by atoms with Gasteiger partial charge in [-0.3, -0.25) is 4.79 Å². The number of carbonyl (C=O) groups excluding carboxylic acids is 1. The Balaban J connectivity index is 2.94. The molecule has 1 aromatic rings. The number of nitrogens with zero attached hydrogens (tertiary/aromatic N) is 3. The van der Waals surface area contributed by atoms with Crippen LogP contribution < -0.4 is 4.90 Å². The highest BCUT2D eigenvalue weighted by molar-refractivity contribution is 6.32. The maximum absolute atomic E-state index is 11.0. The summed E-state index contributed by atoms with van der Waals surface area (Å²) in [6.45, 7) is 6.21. The van der Waals surface area contributed by atoms with Crippen LogP contribution >= 0.6 is 11.6 Å². The van der Waals surface area contributed by atoms with Crippen molar-refractivity contribution in [1.82, 2.24) is 9.97 Å². The maximum Gasteiger partial charge on any atom is 0.156 e. The predicted octanol–water partition coefficient (Wildman–Crippen LogP) is 2.65. The van der Waals surface area contributed by atoms with Crippen molar-refractivity contribution in [3.05, 3.63) is 29.2 Å². The summed E-state index contributed by atoms with van der Waals surface area (Å²) in [7, 11) is 1.88. The highest BCUT2D eigenvalue weighted by atomic mass is 35.5. The lowest BCUT2D eigenvalue weighted by Gasteiger charge is -2.19. The van der Waals surface area contributed by atoms with Gasteiger partial charge in [0.1, 0.15) is 16.8 Å². The van der Waals surface area contributed by atoms with Crippen LogP contribution in [0.5, 0.6) is 0 Å². The second kappa shape index (κ2) is 6.35. The number of aromatic nitrogens is 2. The van der Waals surface area contributed by atoms with Crippen LogP contribution in [0.4, 0.5) is 5.82 Å². The Morgan fingerprint density at radius 1 is 1.47 bits per heavy atom. The summed E-state index contributed by atoms with van der Waals surface area (Å²) in [5, 5.41) is 0.207. The second-order valence-corrected chi connectivity index (χ2v) is 4.13. The lowest BCUT2D eigenvalue weighted by Crippen LogP contribution is -2.22. The molecule has 0 aromatic carbocycles. The zero-order valence-corrected chi connectivity index (χ0v) is 10.9. The SMILES string of the molecule is C=CCCCN(C)c1nc(C)nc(Cl)c1C=O. The van der Waals surface area contributed by atoms with Gasteiger partial charge < -0.3 is 4.90 Å². The smallest absolute Gasteiger partial charge is 0.156 e. The Kier molecular flexibility index (Phi) is 5.10. The molecule has 0 N–H and O–H groups in total. The molecule has 0 amide bonds. The summed E-state index contributed by atoms with van der Waals surface area (Å²) < 4.78 is 0. The average molecular weight is 254 g/mol. The first kappa shape index (κ1) is 13.6. The van der Waals surface area contributed by atoms with Crippen LogP contribution in [-0.2, 0) is 0 Å². The molecule has 1 rings (SSSR count). The summed E-state index contributed by atoms with van der Waals surface area (Å²) in [6.07, 6.45) is 4.45. The first-order chi connectivity index (χ1) is 8.10. The van der Waals surface area contributed by atoms with E-state index in [1.54, 1.807) is 6.92 Å². The zero-order valence-electron chi connectivity index (χ0n) is 10.1. The van der Waals surface area contributed by atoms with Crippen molar-refractivity contribution >= 4 is 23.7 Å². The molecule has 0 fully saturated rings. The molecule has 1 aromatic heterocycles. The minimum absolute atomic E-state index is 0.207. The Morgan fingerprint density at radius 2 is 2.18 bits per heavy atom. The number of anilines is 1. The fourth-order valence-electron chi connectivity index (χ4n) is 1.50. The molecule has 0 aliphatic heterocycles. The van der Waals surface area contributed by atoms with E-state index in [9.17, 15) is 4.79 Å². The van der Waals surface area contributed by atoms with Gasteiger partial charge in [0.2, 0.25) is 0 Å². The molecule has 17 heavy (non-hydrogen) atoms. The molecule has 0 spiro atoms. The minimum atomic E-state index is 0.207. The van der Waals surface area contributed by atoms with Gasteiger partial charge in [-0.25, -0.2) is 9.97 Å². The number of hydrogen-bond acceptors (Lipinski definition) is 4. The Labute approximate surface area is 106 Å². The summed E-state index contributed by atoms with van der Waals surface area (Å²) in [4.78, 5) is 21.1. The first-order valence-corrected chi connectivity index (χ1v) is 5.79. The van der Waals surface area contributed by atoms with Crippen LogP contribution in [0.2, 0.25) is 5.15 Å². The highest BCUT2D eigenvalue weighted by Gasteiger charge is 2.14. The number of allylic oxidation sites excluding steroid dienone is 1. The summed E-state index contributed by atoms with van der Waals surface area (Å²) in [5.41, 5.74) is 0.346. The number of carbonyl (C=O) groups is 1. The quantitative estimate of drug-likeness (QED) is 0.338. The topological polar surface area (TPSA) is 46.1 Å². The standard InChI is InChI=1S/C12H16ClN3O/c1-4-5-6-7-16(3)12-10(8-17)11(13)14-9(2)15-12/h4,8H,1,5-7H2,2-3H3. The minimum Gasteiger partial charge on any atom is -0.359 e. The lowest BCUT2D eigenvalue weighted by atomic mass is 10.2. The molecule has 0 saturated heterocycles. The number of aldehydes is 1. The third-order valence-corrected chi connectivity index (χ3v) is 2.66. The van der Waals surface area contributed by atoms with E-state index in [4.69, 9.17) is 11.6 Å². The summed E-state index contributed by atoms with van der Waals surface area (Å²) >= 11 is 5.91. The van der Waals surface area contributed by atoms with Crippen molar-refractivity contribution in [3.63, 3.8) is 0 Å². The molecule has 0 bridgehead atoms. The van der Waals surface area contributed by atoms with Gasteiger partial charge in [0.25, 0.3) is 0 Å². The molecule has 92 valence electrons. The monoisotopic (exact) mass is 253 g/mol. The molecule has 0 radical (unpaired) electrons. The lowest BCUT2D eigenvalue weighted by molar-refractivity contribution is 0.112. The van der Waals surface area contributed by atoms with Gasteiger partial charge >= 0.3 is 0 Å². The van der Waals surface area contributed by atoms with Gasteiger partial charge in [0.15, 0.2) is 6.29 Å². The van der Waals surface area contributed by atoms with Crippen molar-refractivity contribution in [2.24, 2.45) is 0 Å². The van der Waals surface area contributed by atoms with Gasteiger partial charge in [-0.05, 0) is 19.8 Å². The number of hydrogen-bond donors (Lipinski definition) is 0. The first-order valence-electron chi connectivity index (χ1n) is 5.41. The zero-order chi connectivity index (χ0) is 12.8. The van der Waals surface area contributed by atoms with Crippen LogP contribution in [-0.4, -0.2) is 29.8 Å². The van der Waals surface area contributed by atoms with Crippen LogP contribution in [0.25, 0.3) is 0 Å². The van der Waals surface area contributed by atoms with Gasteiger partial charge in [0, 0.05) is 13.6 Å². The van der Waals surface area contributed by atoms with E-state index in [0.717, 1.165) is 19.4 Å². The number of unbranched alkanes of at least 4 members (excludes halogenated alkanes) is 1. The van der Waals surface area contributed by atoms with Crippen molar-refractivity contribution in [2.45, 2.75) is 19.8 Å². The molecule has 4 nitrogen and oxygen atoms in total. The molecule has 0 aliphatic carbocycles. The third-order valence-electron chi connectivity index (χ3n) is 2.37. The van der Waals surface area contributed by atoms with Crippen molar-refractivity contribution in [3.8, 4) is 0 Å².